The molecule has 0 spiro atoms. The van der Waals surface area contributed by atoms with Crippen LogP contribution in [-0.2, 0) is 16.0 Å². The van der Waals surface area contributed by atoms with Crippen LogP contribution in [0.15, 0.2) is 18.5 Å². The van der Waals surface area contributed by atoms with Gasteiger partial charge in [0.1, 0.15) is 6.04 Å². The second kappa shape index (κ2) is 5.92. The quantitative estimate of drug-likeness (QED) is 0.527. The molecule has 0 fully saturated rings. The lowest BCUT2D eigenvalue weighted by molar-refractivity contribution is -0.145. The predicted molar refractivity (Wildman–Crippen MR) is 56.2 cm³/mol. The van der Waals surface area contributed by atoms with Crippen molar-refractivity contribution in [1.29, 1.82) is 0 Å². The zero-order chi connectivity index (χ0) is 12.0. The molecular formula is C10H14N2O4. The molecule has 1 rings (SSSR count). The van der Waals surface area contributed by atoms with Crippen molar-refractivity contribution >= 4 is 11.9 Å². The number of carboxylic acids is 2. The minimum absolute atomic E-state index is 0.414. The van der Waals surface area contributed by atoms with E-state index in [2.05, 4.69) is 10.3 Å². The zero-order valence-electron chi connectivity index (χ0n) is 8.64. The molecular weight excluding hydrogens is 212 g/mol. The lowest BCUT2D eigenvalue weighted by Crippen LogP contribution is -2.39. The summed E-state index contributed by atoms with van der Waals surface area (Å²) < 4.78 is 0. The number of hydrogen-bond donors (Lipinski definition) is 4. The molecule has 0 saturated carbocycles. The molecule has 0 aliphatic rings. The highest BCUT2D eigenvalue weighted by Crippen LogP contribution is 1.98. The van der Waals surface area contributed by atoms with Crippen molar-refractivity contribution in [3.63, 3.8) is 0 Å². The van der Waals surface area contributed by atoms with Crippen LogP contribution < -0.4 is 5.32 Å². The molecule has 0 amide bonds. The highest BCUT2D eigenvalue weighted by Gasteiger charge is 2.19. The van der Waals surface area contributed by atoms with Gasteiger partial charge in [-0.1, -0.05) is 0 Å². The number of hydrogen-bond acceptors (Lipinski definition) is 3. The third-order valence-electron chi connectivity index (χ3n) is 2.14. The number of rotatable bonds is 7. The second-order valence-electron chi connectivity index (χ2n) is 3.41. The second-order valence-corrected chi connectivity index (χ2v) is 3.41. The fraction of sp³-hybridized carbons (Fsp3) is 0.400. The van der Waals surface area contributed by atoms with Gasteiger partial charge in [0.25, 0.3) is 0 Å². The molecule has 1 heterocycles. The van der Waals surface area contributed by atoms with Crippen molar-refractivity contribution in [2.45, 2.75) is 18.9 Å². The highest BCUT2D eigenvalue weighted by molar-refractivity contribution is 5.80. The molecule has 0 saturated heterocycles. The number of carboxylic acid groups (broad SMARTS) is 2. The smallest absolute Gasteiger partial charge is 0.321 e. The van der Waals surface area contributed by atoms with Crippen LogP contribution in [0, 0.1) is 0 Å². The number of H-pyrrole nitrogens is 1. The summed E-state index contributed by atoms with van der Waals surface area (Å²) in [5.74, 6) is -2.27. The largest absolute Gasteiger partial charge is 0.481 e. The topological polar surface area (TPSA) is 102 Å². The van der Waals surface area contributed by atoms with Gasteiger partial charge < -0.3 is 20.5 Å². The first-order valence-corrected chi connectivity index (χ1v) is 4.89. The molecule has 6 nitrogen and oxygen atoms in total. The lowest BCUT2D eigenvalue weighted by atomic mass is 10.2. The molecule has 16 heavy (non-hydrogen) atoms. The predicted octanol–water partition coefficient (Wildman–Crippen LogP) is 0.0747. The van der Waals surface area contributed by atoms with Crippen LogP contribution >= 0.6 is 0 Å². The fourth-order valence-corrected chi connectivity index (χ4v) is 1.33. The van der Waals surface area contributed by atoms with E-state index in [9.17, 15) is 9.59 Å². The molecule has 6 heteroatoms. The molecule has 0 aromatic carbocycles. The van der Waals surface area contributed by atoms with Gasteiger partial charge in [-0.3, -0.25) is 9.59 Å². The molecule has 1 aromatic rings. The van der Waals surface area contributed by atoms with Crippen molar-refractivity contribution in [1.82, 2.24) is 10.3 Å². The van der Waals surface area contributed by atoms with Crippen molar-refractivity contribution < 1.29 is 19.8 Å². The van der Waals surface area contributed by atoms with Gasteiger partial charge in [0, 0.05) is 18.9 Å². The van der Waals surface area contributed by atoms with Crippen LogP contribution in [-0.4, -0.2) is 39.7 Å². The standard InChI is InChI=1S/C10H14N2O4/c13-9(14)5-8(10(15)16)12-4-2-7-1-3-11-6-7/h1,3,6,8,11-12H,2,4-5H2,(H,13,14)(H,15,16). The van der Waals surface area contributed by atoms with E-state index in [1.165, 1.54) is 0 Å². The first-order chi connectivity index (χ1) is 7.59. The minimum Gasteiger partial charge on any atom is -0.481 e. The Bertz CT molecular complexity index is 348. The molecule has 1 aromatic heterocycles. The first kappa shape index (κ1) is 12.3. The van der Waals surface area contributed by atoms with Crippen LogP contribution in [0.5, 0.6) is 0 Å². The molecule has 0 bridgehead atoms. The number of aromatic amines is 1. The van der Waals surface area contributed by atoms with Crippen LogP contribution in [0.2, 0.25) is 0 Å². The summed E-state index contributed by atoms with van der Waals surface area (Å²) in [6.07, 6.45) is 3.84. The molecule has 0 aliphatic carbocycles. The van der Waals surface area contributed by atoms with Crippen molar-refractivity contribution in [2.24, 2.45) is 0 Å². The summed E-state index contributed by atoms with van der Waals surface area (Å²) in [5.41, 5.74) is 1.05. The molecule has 1 unspecified atom stereocenters. The van der Waals surface area contributed by atoms with Gasteiger partial charge in [-0.2, -0.15) is 0 Å². The number of aliphatic carboxylic acids is 2. The SMILES string of the molecule is O=C(O)CC(NCCc1cc[nH]c1)C(=O)O. The van der Waals surface area contributed by atoms with Gasteiger partial charge in [-0.25, -0.2) is 0 Å². The first-order valence-electron chi connectivity index (χ1n) is 4.89. The molecule has 1 atom stereocenters. The van der Waals surface area contributed by atoms with E-state index in [0.717, 1.165) is 5.56 Å². The highest BCUT2D eigenvalue weighted by atomic mass is 16.4. The van der Waals surface area contributed by atoms with E-state index >= 15 is 0 Å². The maximum Gasteiger partial charge on any atom is 0.321 e. The maximum absolute atomic E-state index is 10.7. The summed E-state index contributed by atoms with van der Waals surface area (Å²) in [5, 5.41) is 19.9. The van der Waals surface area contributed by atoms with Crippen molar-refractivity contribution in [3.05, 3.63) is 24.0 Å². The Kier molecular flexibility index (Phi) is 4.53. The average Bonchev–Trinajstić information content (AvgIpc) is 2.68. The Hall–Kier alpha value is -1.82. The monoisotopic (exact) mass is 226 g/mol. The third kappa shape index (κ3) is 4.14. The molecule has 0 aliphatic heterocycles. The van der Waals surface area contributed by atoms with Crippen molar-refractivity contribution in [3.8, 4) is 0 Å². The van der Waals surface area contributed by atoms with E-state index in [1.54, 1.807) is 6.20 Å². The summed E-state index contributed by atoms with van der Waals surface area (Å²) >= 11 is 0. The maximum atomic E-state index is 10.7. The Morgan fingerprint density at radius 3 is 2.69 bits per heavy atom. The fourth-order valence-electron chi connectivity index (χ4n) is 1.33. The average molecular weight is 226 g/mol. The summed E-state index contributed by atoms with van der Waals surface area (Å²) in [4.78, 5) is 24.0. The zero-order valence-corrected chi connectivity index (χ0v) is 8.64. The van der Waals surface area contributed by atoms with Gasteiger partial charge in [-0.05, 0) is 18.1 Å². The van der Waals surface area contributed by atoms with E-state index in [0.29, 0.717) is 13.0 Å². The van der Waals surface area contributed by atoms with E-state index in [4.69, 9.17) is 10.2 Å². The van der Waals surface area contributed by atoms with Crippen LogP contribution in [0.4, 0.5) is 0 Å². The summed E-state index contributed by atoms with van der Waals surface area (Å²) in [6, 6.07) is 0.853. The Balaban J connectivity index is 2.32. The van der Waals surface area contributed by atoms with Gasteiger partial charge in [0.05, 0.1) is 6.42 Å². The van der Waals surface area contributed by atoms with Gasteiger partial charge >= 0.3 is 11.9 Å². The lowest BCUT2D eigenvalue weighted by Gasteiger charge is -2.11. The number of aromatic nitrogens is 1. The summed E-state index contributed by atoms with van der Waals surface area (Å²) in [6.45, 7) is 0.433. The van der Waals surface area contributed by atoms with Crippen molar-refractivity contribution in [2.75, 3.05) is 6.54 Å². The van der Waals surface area contributed by atoms with E-state index < -0.39 is 24.4 Å². The third-order valence-corrected chi connectivity index (χ3v) is 2.14. The molecule has 0 radical (unpaired) electrons. The van der Waals surface area contributed by atoms with Crippen LogP contribution in [0.1, 0.15) is 12.0 Å². The molecule has 88 valence electrons. The Morgan fingerprint density at radius 1 is 1.44 bits per heavy atom. The van der Waals surface area contributed by atoms with Gasteiger partial charge in [0.2, 0.25) is 0 Å². The van der Waals surface area contributed by atoms with Gasteiger partial charge in [-0.15, -0.1) is 0 Å². The summed E-state index contributed by atoms with van der Waals surface area (Å²) in [7, 11) is 0. The Morgan fingerprint density at radius 2 is 2.19 bits per heavy atom. The van der Waals surface area contributed by atoms with E-state index in [-0.39, 0.29) is 0 Å². The molecule has 4 N–H and O–H groups in total. The van der Waals surface area contributed by atoms with Crippen LogP contribution in [0.3, 0.4) is 0 Å². The normalized spacial score (nSPS) is 12.2. The minimum atomic E-state index is -1.14. The number of carbonyl (C=O) groups is 2. The van der Waals surface area contributed by atoms with Crippen LogP contribution in [0.25, 0.3) is 0 Å². The number of nitrogens with one attached hydrogen (secondary N) is 2. The Labute approximate surface area is 92.3 Å². The van der Waals surface area contributed by atoms with E-state index in [1.807, 2.05) is 12.3 Å². The van der Waals surface area contributed by atoms with Gasteiger partial charge in [0.15, 0.2) is 0 Å².